The standard InChI is InChI=1S/C19H20N6O2S/c1-3-5-10-15-20-16(27-23-15)12-28-19-22-21-18-24(11-4-2)17(26)13-8-6-7-9-14(13)25(18)19/h4,6-9H,2-3,5,10-12H2,1H3. The predicted molar refractivity (Wildman–Crippen MR) is 107 cm³/mol. The predicted octanol–water partition coefficient (Wildman–Crippen LogP) is 3.25. The summed E-state index contributed by atoms with van der Waals surface area (Å²) in [5.74, 6) is 2.25. The molecule has 3 heterocycles. The largest absolute Gasteiger partial charge is 0.338 e. The van der Waals surface area contributed by atoms with Gasteiger partial charge < -0.3 is 4.52 Å². The van der Waals surface area contributed by atoms with E-state index in [4.69, 9.17) is 4.52 Å². The van der Waals surface area contributed by atoms with Crippen molar-refractivity contribution in [3.8, 4) is 0 Å². The van der Waals surface area contributed by atoms with Gasteiger partial charge in [0.1, 0.15) is 0 Å². The first kappa shape index (κ1) is 18.4. The maximum absolute atomic E-state index is 12.8. The second-order valence-electron chi connectivity index (χ2n) is 6.34. The van der Waals surface area contributed by atoms with E-state index in [0.717, 1.165) is 30.6 Å². The summed E-state index contributed by atoms with van der Waals surface area (Å²) in [5, 5.41) is 13.8. The number of rotatable bonds is 8. The van der Waals surface area contributed by atoms with Crippen molar-refractivity contribution in [1.29, 1.82) is 0 Å². The average Bonchev–Trinajstić information content (AvgIpc) is 3.35. The molecular weight excluding hydrogens is 376 g/mol. The van der Waals surface area contributed by atoms with E-state index >= 15 is 0 Å². The molecule has 0 aliphatic carbocycles. The first-order valence-electron chi connectivity index (χ1n) is 9.14. The van der Waals surface area contributed by atoms with Gasteiger partial charge in [0.2, 0.25) is 11.7 Å². The molecule has 0 radical (unpaired) electrons. The van der Waals surface area contributed by atoms with Crippen LogP contribution in [0.2, 0.25) is 0 Å². The number of allylic oxidation sites excluding steroid dienone is 1. The zero-order valence-electron chi connectivity index (χ0n) is 15.5. The number of thioether (sulfide) groups is 1. The van der Waals surface area contributed by atoms with Gasteiger partial charge in [-0.2, -0.15) is 4.98 Å². The molecule has 1 aromatic carbocycles. The van der Waals surface area contributed by atoms with E-state index in [1.807, 2.05) is 28.7 Å². The van der Waals surface area contributed by atoms with Crippen molar-refractivity contribution in [3.63, 3.8) is 0 Å². The zero-order chi connectivity index (χ0) is 19.5. The third-order valence-corrected chi connectivity index (χ3v) is 5.29. The molecule has 28 heavy (non-hydrogen) atoms. The molecule has 4 aromatic rings. The van der Waals surface area contributed by atoms with Crippen LogP contribution in [0.1, 0.15) is 31.5 Å². The lowest BCUT2D eigenvalue weighted by molar-refractivity contribution is 0.384. The second kappa shape index (κ2) is 7.97. The van der Waals surface area contributed by atoms with Crippen LogP contribution >= 0.6 is 11.8 Å². The van der Waals surface area contributed by atoms with Crippen molar-refractivity contribution in [2.45, 2.75) is 43.6 Å². The molecule has 0 bridgehead atoms. The van der Waals surface area contributed by atoms with Crippen LogP contribution in [0.5, 0.6) is 0 Å². The molecule has 0 amide bonds. The SMILES string of the molecule is C=CCn1c(=O)c2ccccc2n2c(SCc3nc(CCCC)no3)nnc12. The van der Waals surface area contributed by atoms with Crippen molar-refractivity contribution in [3.05, 3.63) is 59.0 Å². The number of hydrogen-bond donors (Lipinski definition) is 0. The van der Waals surface area contributed by atoms with Crippen LogP contribution < -0.4 is 5.56 Å². The Morgan fingerprint density at radius 1 is 1.29 bits per heavy atom. The van der Waals surface area contributed by atoms with Gasteiger partial charge in [0.25, 0.3) is 5.56 Å². The number of para-hydroxylation sites is 1. The van der Waals surface area contributed by atoms with E-state index in [2.05, 4.69) is 33.8 Å². The maximum Gasteiger partial charge on any atom is 0.263 e. The molecule has 0 unspecified atom stereocenters. The molecular formula is C19H20N6O2S. The van der Waals surface area contributed by atoms with Crippen LogP contribution in [0.15, 0.2) is 51.4 Å². The van der Waals surface area contributed by atoms with Gasteiger partial charge in [-0.05, 0) is 18.6 Å². The van der Waals surface area contributed by atoms with E-state index in [1.165, 1.54) is 11.8 Å². The summed E-state index contributed by atoms with van der Waals surface area (Å²) >= 11 is 1.45. The monoisotopic (exact) mass is 396 g/mol. The highest BCUT2D eigenvalue weighted by molar-refractivity contribution is 7.98. The van der Waals surface area contributed by atoms with Gasteiger partial charge in [0, 0.05) is 13.0 Å². The Hall–Kier alpha value is -2.94. The Bertz CT molecular complexity index is 1190. The van der Waals surface area contributed by atoms with Crippen LogP contribution in [0.3, 0.4) is 0 Å². The normalized spacial score (nSPS) is 11.5. The number of fused-ring (bicyclic) bond motifs is 3. The summed E-state index contributed by atoms with van der Waals surface area (Å²) < 4.78 is 8.79. The van der Waals surface area contributed by atoms with Gasteiger partial charge >= 0.3 is 0 Å². The molecule has 0 atom stereocenters. The number of benzene rings is 1. The molecule has 0 spiro atoms. The number of aromatic nitrogens is 6. The Labute approximate surface area is 165 Å². The lowest BCUT2D eigenvalue weighted by Crippen LogP contribution is -2.22. The molecule has 0 saturated carbocycles. The third-order valence-electron chi connectivity index (χ3n) is 4.38. The molecule has 0 fully saturated rings. The van der Waals surface area contributed by atoms with Crippen molar-refractivity contribution < 1.29 is 4.52 Å². The average molecular weight is 396 g/mol. The first-order valence-corrected chi connectivity index (χ1v) is 10.1. The summed E-state index contributed by atoms with van der Waals surface area (Å²) in [5.41, 5.74) is 0.661. The molecule has 0 aliphatic heterocycles. The lowest BCUT2D eigenvalue weighted by atomic mass is 10.2. The minimum Gasteiger partial charge on any atom is -0.338 e. The van der Waals surface area contributed by atoms with Gasteiger partial charge in [-0.1, -0.05) is 48.5 Å². The Morgan fingerprint density at radius 2 is 2.14 bits per heavy atom. The van der Waals surface area contributed by atoms with E-state index in [9.17, 15) is 4.79 Å². The molecule has 9 heteroatoms. The van der Waals surface area contributed by atoms with E-state index in [0.29, 0.717) is 34.5 Å². The molecule has 4 rings (SSSR count). The number of aryl methyl sites for hydroxylation is 1. The summed E-state index contributed by atoms with van der Waals surface area (Å²) in [4.78, 5) is 17.2. The first-order chi connectivity index (χ1) is 13.7. The summed E-state index contributed by atoms with van der Waals surface area (Å²) in [7, 11) is 0. The molecule has 0 aliphatic rings. The van der Waals surface area contributed by atoms with Crippen molar-refractivity contribution in [2.24, 2.45) is 0 Å². The van der Waals surface area contributed by atoms with Crippen LogP contribution in [-0.2, 0) is 18.7 Å². The molecule has 0 saturated heterocycles. The highest BCUT2D eigenvalue weighted by Crippen LogP contribution is 2.24. The lowest BCUT2D eigenvalue weighted by Gasteiger charge is -2.09. The van der Waals surface area contributed by atoms with Gasteiger partial charge in [-0.3, -0.25) is 13.8 Å². The molecule has 8 nitrogen and oxygen atoms in total. The van der Waals surface area contributed by atoms with Crippen LogP contribution in [0, 0.1) is 0 Å². The van der Waals surface area contributed by atoms with Crippen molar-refractivity contribution in [1.82, 2.24) is 29.3 Å². The fraction of sp³-hybridized carbons (Fsp3) is 0.316. The second-order valence-corrected chi connectivity index (χ2v) is 7.28. The molecule has 144 valence electrons. The van der Waals surface area contributed by atoms with E-state index < -0.39 is 0 Å². The van der Waals surface area contributed by atoms with Crippen LogP contribution in [-0.4, -0.2) is 29.3 Å². The van der Waals surface area contributed by atoms with Gasteiger partial charge in [0.15, 0.2) is 11.0 Å². The topological polar surface area (TPSA) is 91.1 Å². The minimum absolute atomic E-state index is 0.107. The van der Waals surface area contributed by atoms with Crippen LogP contribution in [0.4, 0.5) is 0 Å². The quantitative estimate of drug-likeness (QED) is 0.333. The third kappa shape index (κ3) is 3.33. The maximum atomic E-state index is 12.8. The number of nitrogens with zero attached hydrogens (tertiary/aromatic N) is 6. The zero-order valence-corrected chi connectivity index (χ0v) is 16.4. The summed E-state index contributed by atoms with van der Waals surface area (Å²) in [6.45, 7) is 6.23. The smallest absolute Gasteiger partial charge is 0.263 e. The van der Waals surface area contributed by atoms with Gasteiger partial charge in [0.05, 0.1) is 16.7 Å². The van der Waals surface area contributed by atoms with E-state index in [1.54, 1.807) is 10.6 Å². The fourth-order valence-electron chi connectivity index (χ4n) is 3.03. The molecule has 0 N–H and O–H groups in total. The highest BCUT2D eigenvalue weighted by atomic mass is 32.2. The Kier molecular flexibility index (Phi) is 5.25. The number of unbranched alkanes of at least 4 members (excludes halogenated alkanes) is 1. The Balaban J connectivity index is 1.71. The van der Waals surface area contributed by atoms with Gasteiger partial charge in [-0.25, -0.2) is 0 Å². The highest BCUT2D eigenvalue weighted by Gasteiger charge is 2.17. The van der Waals surface area contributed by atoms with Gasteiger partial charge in [-0.15, -0.1) is 16.8 Å². The minimum atomic E-state index is -0.107. The van der Waals surface area contributed by atoms with Crippen LogP contribution in [0.25, 0.3) is 16.7 Å². The molecule has 3 aromatic heterocycles. The van der Waals surface area contributed by atoms with Crippen molar-refractivity contribution >= 4 is 28.4 Å². The number of hydrogen-bond acceptors (Lipinski definition) is 7. The fourth-order valence-corrected chi connectivity index (χ4v) is 3.81. The van der Waals surface area contributed by atoms with Crippen molar-refractivity contribution in [2.75, 3.05) is 0 Å². The summed E-state index contributed by atoms with van der Waals surface area (Å²) in [6.07, 6.45) is 4.61. The van der Waals surface area contributed by atoms with E-state index in [-0.39, 0.29) is 5.56 Å². The Morgan fingerprint density at radius 3 is 2.96 bits per heavy atom. The summed E-state index contributed by atoms with van der Waals surface area (Å²) in [6, 6.07) is 7.45.